The average Bonchev–Trinajstić information content (AvgIpc) is 2.47. The second-order valence-corrected chi connectivity index (χ2v) is 4.67. The highest BCUT2D eigenvalue weighted by molar-refractivity contribution is 5.85. The van der Waals surface area contributed by atoms with Gasteiger partial charge in [0.1, 0.15) is 0 Å². The molecule has 1 saturated heterocycles. The van der Waals surface area contributed by atoms with Crippen LogP contribution in [0.1, 0.15) is 5.56 Å². The quantitative estimate of drug-likeness (QED) is 0.882. The lowest BCUT2D eigenvalue weighted by Gasteiger charge is -2.34. The second-order valence-electron chi connectivity index (χ2n) is 4.67. The van der Waals surface area contributed by atoms with E-state index in [-0.39, 0.29) is 30.8 Å². The third-order valence-electron chi connectivity index (χ3n) is 3.21. The van der Waals surface area contributed by atoms with Crippen molar-refractivity contribution < 1.29 is 18.0 Å². The van der Waals surface area contributed by atoms with Gasteiger partial charge in [-0.25, -0.2) is 9.97 Å². The van der Waals surface area contributed by atoms with Crippen molar-refractivity contribution in [3.63, 3.8) is 0 Å². The van der Waals surface area contributed by atoms with Gasteiger partial charge in [-0.2, -0.15) is 13.2 Å². The molecule has 1 fully saturated rings. The van der Waals surface area contributed by atoms with Crippen molar-refractivity contribution in [3.8, 4) is 0 Å². The summed E-state index contributed by atoms with van der Waals surface area (Å²) in [5.74, 6) is 0.259. The summed E-state index contributed by atoms with van der Waals surface area (Å²) in [6, 6.07) is 0. The van der Waals surface area contributed by atoms with Gasteiger partial charge in [-0.1, -0.05) is 0 Å². The molecule has 0 spiro atoms. The monoisotopic (exact) mass is 339 g/mol. The summed E-state index contributed by atoms with van der Waals surface area (Å²) in [5, 5.41) is 2.79. The molecule has 1 amide bonds. The number of piperazine rings is 1. The second kappa shape index (κ2) is 7.59. The molecule has 0 radical (unpaired) electrons. The van der Waals surface area contributed by atoms with Crippen molar-refractivity contribution in [2.75, 3.05) is 44.7 Å². The number of amides is 1. The molecular weight excluding hydrogens is 323 g/mol. The number of anilines is 1. The summed E-state index contributed by atoms with van der Waals surface area (Å²) in [4.78, 5) is 22.7. The van der Waals surface area contributed by atoms with Crippen molar-refractivity contribution in [1.82, 2.24) is 20.2 Å². The third-order valence-corrected chi connectivity index (χ3v) is 3.21. The van der Waals surface area contributed by atoms with Crippen molar-refractivity contribution in [2.24, 2.45) is 0 Å². The lowest BCUT2D eigenvalue weighted by molar-refractivity contribution is -0.138. The summed E-state index contributed by atoms with van der Waals surface area (Å²) in [6.07, 6.45) is -2.88. The lowest BCUT2D eigenvalue weighted by atomic mass is 10.3. The fourth-order valence-corrected chi connectivity index (χ4v) is 2.05. The van der Waals surface area contributed by atoms with E-state index >= 15 is 0 Å². The maximum Gasteiger partial charge on any atom is 0.419 e. The Morgan fingerprint density at radius 3 is 2.23 bits per heavy atom. The fraction of sp³-hybridized carbons (Fsp3) is 0.583. The zero-order chi connectivity index (χ0) is 15.5. The number of aromatic nitrogens is 2. The minimum atomic E-state index is -4.43. The summed E-state index contributed by atoms with van der Waals surface area (Å²) in [5.41, 5.74) is -0.867. The van der Waals surface area contributed by atoms with E-state index in [4.69, 9.17) is 0 Å². The van der Waals surface area contributed by atoms with Crippen molar-refractivity contribution in [3.05, 3.63) is 18.0 Å². The predicted octanol–water partition coefficient (Wildman–Crippen LogP) is 0.785. The molecule has 0 atom stereocenters. The Balaban J connectivity index is 0.00000242. The highest BCUT2D eigenvalue weighted by atomic mass is 35.5. The Labute approximate surface area is 132 Å². The zero-order valence-electron chi connectivity index (χ0n) is 11.9. The van der Waals surface area contributed by atoms with Crippen LogP contribution in [0.4, 0.5) is 19.1 Å². The number of carbonyl (C=O) groups is 1. The summed E-state index contributed by atoms with van der Waals surface area (Å²) < 4.78 is 37.3. The Morgan fingerprint density at radius 1 is 1.23 bits per heavy atom. The molecule has 1 aromatic heterocycles. The molecule has 1 N–H and O–H groups in total. The number of alkyl halides is 3. The topological polar surface area (TPSA) is 61.4 Å². The molecule has 0 aromatic carbocycles. The number of nitrogens with one attached hydrogen (secondary N) is 1. The van der Waals surface area contributed by atoms with Crippen LogP contribution in [-0.4, -0.2) is 60.5 Å². The fourth-order valence-electron chi connectivity index (χ4n) is 2.05. The number of halogens is 4. The molecule has 1 aliphatic rings. The van der Waals surface area contributed by atoms with Gasteiger partial charge >= 0.3 is 6.18 Å². The smallest absolute Gasteiger partial charge is 0.338 e. The van der Waals surface area contributed by atoms with Crippen LogP contribution in [0.15, 0.2) is 12.4 Å². The van der Waals surface area contributed by atoms with Gasteiger partial charge in [-0.3, -0.25) is 4.79 Å². The van der Waals surface area contributed by atoms with Gasteiger partial charge in [0.2, 0.25) is 11.9 Å². The third kappa shape index (κ3) is 4.44. The van der Waals surface area contributed by atoms with Gasteiger partial charge in [0.05, 0.1) is 12.1 Å². The van der Waals surface area contributed by atoms with Gasteiger partial charge in [0.15, 0.2) is 0 Å². The van der Waals surface area contributed by atoms with Crippen molar-refractivity contribution >= 4 is 24.3 Å². The van der Waals surface area contributed by atoms with Gasteiger partial charge in [-0.05, 0) is 7.05 Å². The summed E-state index contributed by atoms with van der Waals surface area (Å²) in [6.45, 7) is 2.29. The van der Waals surface area contributed by atoms with Crippen LogP contribution < -0.4 is 10.2 Å². The van der Waals surface area contributed by atoms with E-state index in [1.54, 1.807) is 16.8 Å². The van der Waals surface area contributed by atoms with Gasteiger partial charge in [0, 0.05) is 38.6 Å². The highest BCUT2D eigenvalue weighted by Gasteiger charge is 2.32. The van der Waals surface area contributed by atoms with E-state index in [1.807, 2.05) is 0 Å². The van der Waals surface area contributed by atoms with Crippen molar-refractivity contribution in [2.45, 2.75) is 6.18 Å². The summed E-state index contributed by atoms with van der Waals surface area (Å²) in [7, 11) is 1.70. The van der Waals surface area contributed by atoms with Crippen molar-refractivity contribution in [1.29, 1.82) is 0 Å². The highest BCUT2D eigenvalue weighted by Crippen LogP contribution is 2.28. The number of likely N-dealkylation sites (N-methyl/N-ethyl adjacent to an activating group) is 1. The molecule has 1 aliphatic heterocycles. The molecule has 0 aliphatic carbocycles. The number of hydrogen-bond acceptors (Lipinski definition) is 5. The Bertz CT molecular complexity index is 489. The molecule has 124 valence electrons. The first-order valence-corrected chi connectivity index (χ1v) is 6.48. The molecule has 10 heteroatoms. The van der Waals surface area contributed by atoms with E-state index in [2.05, 4.69) is 15.3 Å². The molecule has 6 nitrogen and oxygen atoms in total. The standard InChI is InChI=1S/C12H16F3N5O.ClH/c1-16-8-10(21)19-2-4-20(5-3-19)11-17-6-9(7-18-11)12(13,14)15;/h6-7,16H,2-5,8H2,1H3;1H. The van der Waals surface area contributed by atoms with Gasteiger partial charge in [-0.15, -0.1) is 12.4 Å². The largest absolute Gasteiger partial charge is 0.419 e. The van der Waals surface area contributed by atoms with Crippen LogP contribution >= 0.6 is 12.4 Å². The number of rotatable bonds is 3. The molecule has 22 heavy (non-hydrogen) atoms. The molecule has 1 aromatic rings. The van der Waals surface area contributed by atoms with E-state index in [0.29, 0.717) is 26.2 Å². The average molecular weight is 340 g/mol. The van der Waals surface area contributed by atoms with Crippen LogP contribution in [0.25, 0.3) is 0 Å². The SMILES string of the molecule is CNCC(=O)N1CCN(c2ncc(C(F)(F)F)cn2)CC1.Cl. The minimum absolute atomic E-state index is 0. The Morgan fingerprint density at radius 2 is 1.77 bits per heavy atom. The van der Waals surface area contributed by atoms with Crippen LogP contribution in [0.3, 0.4) is 0 Å². The van der Waals surface area contributed by atoms with Gasteiger partial charge in [0.25, 0.3) is 0 Å². The van der Waals surface area contributed by atoms with Crippen LogP contribution in [-0.2, 0) is 11.0 Å². The molecular formula is C12H17ClF3N5O. The first-order chi connectivity index (χ1) is 9.91. The number of nitrogens with zero attached hydrogens (tertiary/aromatic N) is 4. The van der Waals surface area contributed by atoms with E-state index in [1.165, 1.54) is 0 Å². The normalized spacial score (nSPS) is 15.5. The number of carbonyl (C=O) groups excluding carboxylic acids is 1. The van der Waals surface area contributed by atoms with E-state index < -0.39 is 11.7 Å². The minimum Gasteiger partial charge on any atom is -0.338 e. The molecule has 2 heterocycles. The zero-order valence-corrected chi connectivity index (χ0v) is 12.7. The molecule has 0 saturated carbocycles. The molecule has 0 unspecified atom stereocenters. The Hall–Kier alpha value is -1.61. The van der Waals surface area contributed by atoms with E-state index in [0.717, 1.165) is 12.4 Å². The first kappa shape index (κ1) is 18.4. The van der Waals surface area contributed by atoms with Crippen LogP contribution in [0.2, 0.25) is 0 Å². The number of hydrogen-bond donors (Lipinski definition) is 1. The first-order valence-electron chi connectivity index (χ1n) is 6.48. The Kier molecular flexibility index (Phi) is 6.36. The molecule has 2 rings (SSSR count). The van der Waals surface area contributed by atoms with Crippen LogP contribution in [0.5, 0.6) is 0 Å². The maximum atomic E-state index is 12.4. The molecule has 0 bridgehead atoms. The lowest BCUT2D eigenvalue weighted by Crippen LogP contribution is -2.51. The van der Waals surface area contributed by atoms with Crippen LogP contribution in [0, 0.1) is 0 Å². The maximum absolute atomic E-state index is 12.4. The van der Waals surface area contributed by atoms with Gasteiger partial charge < -0.3 is 15.1 Å². The predicted molar refractivity (Wildman–Crippen MR) is 77.0 cm³/mol. The summed E-state index contributed by atoms with van der Waals surface area (Å²) >= 11 is 0. The van der Waals surface area contributed by atoms with E-state index in [9.17, 15) is 18.0 Å².